The number of anilines is 1. The fourth-order valence-corrected chi connectivity index (χ4v) is 4.54. The average Bonchev–Trinajstić information content (AvgIpc) is 3.46. The SMILES string of the molecule is CCc1nc(N(C)C(=O)c2ccc(C3=NOC(c4cc(Cl)c(F)c(Cl)c4)(C(F)(F)F)C3)cc2C)nn1C. The molecular weight excluding hydrogens is 537 g/mol. The van der Waals surface area contributed by atoms with Gasteiger partial charge in [-0.25, -0.2) is 4.39 Å². The van der Waals surface area contributed by atoms with E-state index in [-0.39, 0.29) is 17.6 Å². The van der Waals surface area contributed by atoms with Gasteiger partial charge in [0.05, 0.1) is 15.8 Å². The van der Waals surface area contributed by atoms with Crippen LogP contribution >= 0.6 is 23.2 Å². The summed E-state index contributed by atoms with van der Waals surface area (Å²) in [4.78, 5) is 23.7. The molecule has 2 aromatic carbocycles. The Morgan fingerprint density at radius 2 is 1.86 bits per heavy atom. The zero-order valence-corrected chi connectivity index (χ0v) is 21.6. The molecule has 37 heavy (non-hydrogen) atoms. The van der Waals surface area contributed by atoms with Crippen LogP contribution < -0.4 is 4.90 Å². The van der Waals surface area contributed by atoms with Crippen molar-refractivity contribution in [2.24, 2.45) is 12.2 Å². The van der Waals surface area contributed by atoms with Crippen molar-refractivity contribution in [3.05, 3.63) is 74.3 Å². The molecule has 1 atom stereocenters. The zero-order chi connectivity index (χ0) is 27.3. The molecule has 0 fully saturated rings. The third-order valence-corrected chi connectivity index (χ3v) is 6.74. The lowest BCUT2D eigenvalue weighted by Crippen LogP contribution is -2.42. The molecule has 0 spiro atoms. The molecule has 1 aliphatic heterocycles. The minimum Gasteiger partial charge on any atom is -0.374 e. The monoisotopic (exact) mass is 557 g/mol. The summed E-state index contributed by atoms with van der Waals surface area (Å²) in [6.45, 7) is 3.57. The summed E-state index contributed by atoms with van der Waals surface area (Å²) in [6, 6.07) is 6.18. The number of carbonyl (C=O) groups excluding carboxylic acids is 1. The molecule has 0 radical (unpaired) electrons. The number of halogens is 6. The summed E-state index contributed by atoms with van der Waals surface area (Å²) in [5.74, 6) is -0.482. The first-order chi connectivity index (χ1) is 17.3. The maximum absolute atomic E-state index is 14.3. The van der Waals surface area contributed by atoms with Gasteiger partial charge in [-0.2, -0.15) is 18.2 Å². The highest BCUT2D eigenvalue weighted by atomic mass is 35.5. The van der Waals surface area contributed by atoms with Crippen LogP contribution in [0.25, 0.3) is 0 Å². The van der Waals surface area contributed by atoms with Gasteiger partial charge < -0.3 is 4.84 Å². The third-order valence-electron chi connectivity index (χ3n) is 6.19. The fraction of sp³-hybridized carbons (Fsp3) is 0.333. The quantitative estimate of drug-likeness (QED) is 0.285. The van der Waals surface area contributed by atoms with Gasteiger partial charge in [0.1, 0.15) is 5.82 Å². The maximum Gasteiger partial charge on any atom is 0.435 e. The number of amides is 1. The Morgan fingerprint density at radius 3 is 2.41 bits per heavy atom. The van der Waals surface area contributed by atoms with Crippen molar-refractivity contribution in [3.63, 3.8) is 0 Å². The Hall–Kier alpha value is -3.18. The van der Waals surface area contributed by atoms with E-state index in [1.54, 1.807) is 24.7 Å². The molecule has 2 heterocycles. The molecular formula is C24H21Cl2F4N5O2. The normalized spacial score (nSPS) is 17.5. The first-order valence-corrected chi connectivity index (χ1v) is 11.8. The smallest absolute Gasteiger partial charge is 0.374 e. The van der Waals surface area contributed by atoms with Crippen molar-refractivity contribution < 1.29 is 27.2 Å². The van der Waals surface area contributed by atoms with Crippen LogP contribution in [0.3, 0.4) is 0 Å². The number of carbonyl (C=O) groups is 1. The van der Waals surface area contributed by atoms with Crippen molar-refractivity contribution in [2.75, 3.05) is 11.9 Å². The van der Waals surface area contributed by atoms with E-state index in [0.717, 1.165) is 12.1 Å². The molecule has 4 rings (SSSR count). The minimum atomic E-state index is -4.93. The van der Waals surface area contributed by atoms with E-state index in [2.05, 4.69) is 15.2 Å². The van der Waals surface area contributed by atoms with Gasteiger partial charge in [0.25, 0.3) is 17.5 Å². The highest BCUT2D eigenvalue weighted by molar-refractivity contribution is 6.35. The molecule has 0 aliphatic carbocycles. The van der Waals surface area contributed by atoms with Crippen LogP contribution in [-0.4, -0.2) is 39.6 Å². The molecule has 13 heteroatoms. The number of hydrogen-bond acceptors (Lipinski definition) is 5. The number of aromatic nitrogens is 3. The second kappa shape index (κ2) is 9.60. The zero-order valence-electron chi connectivity index (χ0n) is 20.1. The molecule has 1 aliphatic rings. The standard InChI is InChI=1S/C24H21Cl2F4N5O2/c1-5-19-31-22(32-35(19)4)34(3)21(36)15-7-6-13(8-12(15)2)18-11-23(37-33-18,24(28,29)30)14-9-16(25)20(27)17(26)10-14/h6-10H,5,11H2,1-4H3. The van der Waals surface area contributed by atoms with Gasteiger partial charge >= 0.3 is 6.18 Å². The van der Waals surface area contributed by atoms with Crippen LogP contribution in [-0.2, 0) is 23.9 Å². The van der Waals surface area contributed by atoms with Gasteiger partial charge in [-0.1, -0.05) is 41.3 Å². The Balaban J connectivity index is 1.63. The van der Waals surface area contributed by atoms with Crippen LogP contribution in [0, 0.1) is 12.7 Å². The molecule has 3 aromatic rings. The molecule has 7 nitrogen and oxygen atoms in total. The van der Waals surface area contributed by atoms with E-state index in [0.29, 0.717) is 28.9 Å². The second-order valence-corrected chi connectivity index (χ2v) is 9.40. The van der Waals surface area contributed by atoms with E-state index in [4.69, 9.17) is 28.0 Å². The van der Waals surface area contributed by atoms with Crippen molar-refractivity contribution >= 4 is 40.8 Å². The van der Waals surface area contributed by atoms with Gasteiger partial charge in [0, 0.05) is 38.1 Å². The highest BCUT2D eigenvalue weighted by Gasteiger charge is 2.62. The Labute approximate surface area is 219 Å². The van der Waals surface area contributed by atoms with Crippen molar-refractivity contribution in [1.82, 2.24) is 14.8 Å². The Bertz CT molecular complexity index is 1400. The number of alkyl halides is 3. The molecule has 1 amide bonds. The van der Waals surface area contributed by atoms with Gasteiger partial charge in [-0.3, -0.25) is 14.4 Å². The maximum atomic E-state index is 14.3. The molecule has 1 aromatic heterocycles. The van der Waals surface area contributed by atoms with Crippen molar-refractivity contribution in [1.29, 1.82) is 0 Å². The predicted molar refractivity (Wildman–Crippen MR) is 131 cm³/mol. The lowest BCUT2D eigenvalue weighted by molar-refractivity contribution is -0.275. The molecule has 0 bridgehead atoms. The van der Waals surface area contributed by atoms with E-state index in [1.807, 2.05) is 6.92 Å². The number of aryl methyl sites for hydroxylation is 3. The van der Waals surface area contributed by atoms with E-state index >= 15 is 0 Å². The summed E-state index contributed by atoms with van der Waals surface area (Å²) in [5, 5.41) is 6.81. The highest BCUT2D eigenvalue weighted by Crippen LogP contribution is 2.50. The van der Waals surface area contributed by atoms with Crippen LogP contribution in [0.5, 0.6) is 0 Å². The van der Waals surface area contributed by atoms with Crippen molar-refractivity contribution in [3.8, 4) is 0 Å². The number of rotatable bonds is 5. The molecule has 0 saturated heterocycles. The minimum absolute atomic E-state index is 0.0108. The van der Waals surface area contributed by atoms with Crippen LogP contribution in [0.15, 0.2) is 35.5 Å². The summed E-state index contributed by atoms with van der Waals surface area (Å²) < 4.78 is 58.2. The number of benzene rings is 2. The van der Waals surface area contributed by atoms with E-state index < -0.39 is 39.6 Å². The second-order valence-electron chi connectivity index (χ2n) is 8.58. The molecule has 0 saturated carbocycles. The van der Waals surface area contributed by atoms with Gasteiger partial charge in [0.2, 0.25) is 0 Å². The molecule has 196 valence electrons. The van der Waals surface area contributed by atoms with Crippen molar-refractivity contribution in [2.45, 2.75) is 38.5 Å². The van der Waals surface area contributed by atoms with Crippen LogP contribution in [0.4, 0.5) is 23.5 Å². The summed E-state index contributed by atoms with van der Waals surface area (Å²) in [5.41, 5.74) is -2.26. The van der Waals surface area contributed by atoms with Crippen LogP contribution in [0.1, 0.15) is 46.2 Å². The lowest BCUT2D eigenvalue weighted by atomic mass is 9.86. The summed E-state index contributed by atoms with van der Waals surface area (Å²) >= 11 is 11.5. The number of nitrogens with zero attached hydrogens (tertiary/aromatic N) is 5. The Morgan fingerprint density at radius 1 is 1.22 bits per heavy atom. The topological polar surface area (TPSA) is 72.6 Å². The Kier molecular flexibility index (Phi) is 6.98. The van der Waals surface area contributed by atoms with Crippen LogP contribution in [0.2, 0.25) is 10.0 Å². The molecule has 0 N–H and O–H groups in total. The summed E-state index contributed by atoms with van der Waals surface area (Å²) in [7, 11) is 3.27. The molecule has 1 unspecified atom stereocenters. The predicted octanol–water partition coefficient (Wildman–Crippen LogP) is 5.99. The van der Waals surface area contributed by atoms with Gasteiger partial charge in [-0.05, 0) is 42.3 Å². The van der Waals surface area contributed by atoms with Gasteiger partial charge in [0.15, 0.2) is 5.82 Å². The lowest BCUT2D eigenvalue weighted by Gasteiger charge is -2.29. The average molecular weight is 558 g/mol. The number of hydrogen-bond donors (Lipinski definition) is 0. The first-order valence-electron chi connectivity index (χ1n) is 11.0. The number of oxime groups is 1. The first kappa shape index (κ1) is 26.9. The third kappa shape index (κ3) is 4.66. The van der Waals surface area contributed by atoms with E-state index in [1.165, 1.54) is 24.1 Å². The largest absolute Gasteiger partial charge is 0.435 e. The fourth-order valence-electron chi connectivity index (χ4n) is 4.05. The van der Waals surface area contributed by atoms with E-state index in [9.17, 15) is 22.4 Å². The van der Waals surface area contributed by atoms with Gasteiger partial charge in [-0.15, -0.1) is 5.10 Å². The summed E-state index contributed by atoms with van der Waals surface area (Å²) in [6.07, 6.45) is -5.00.